The van der Waals surface area contributed by atoms with Gasteiger partial charge < -0.3 is 15.7 Å². The molecule has 0 saturated heterocycles. The summed E-state index contributed by atoms with van der Waals surface area (Å²) in [6.07, 6.45) is 1.59. The standard InChI is InChI=1S/C21H17N3O2/c1-12-9-14-11-17(13-4-6-15(22)7-5-13)21(26)24-19(14)18(10-12)16-3-2-8-23-20(16)25/h2-11H,22H2,1H3,(H,23,25)(H,24,26). The van der Waals surface area contributed by atoms with E-state index in [1.165, 1.54) is 0 Å². The summed E-state index contributed by atoms with van der Waals surface area (Å²) in [5, 5.41) is 0.870. The van der Waals surface area contributed by atoms with Gasteiger partial charge in [0.2, 0.25) is 0 Å². The molecular weight excluding hydrogens is 326 g/mol. The molecule has 4 N–H and O–H groups in total. The van der Waals surface area contributed by atoms with Crippen LogP contribution in [0.2, 0.25) is 0 Å². The second kappa shape index (κ2) is 6.04. The van der Waals surface area contributed by atoms with E-state index in [9.17, 15) is 9.59 Å². The monoisotopic (exact) mass is 343 g/mol. The van der Waals surface area contributed by atoms with Gasteiger partial charge in [-0.25, -0.2) is 0 Å². The van der Waals surface area contributed by atoms with Crippen molar-refractivity contribution in [2.75, 3.05) is 5.73 Å². The molecule has 0 aliphatic heterocycles. The Balaban J connectivity index is 2.02. The van der Waals surface area contributed by atoms with E-state index in [-0.39, 0.29) is 11.1 Å². The summed E-state index contributed by atoms with van der Waals surface area (Å²) in [6, 6.07) is 16.5. The summed E-state index contributed by atoms with van der Waals surface area (Å²) in [7, 11) is 0. The molecule has 0 radical (unpaired) electrons. The number of H-pyrrole nitrogens is 2. The van der Waals surface area contributed by atoms with Crippen molar-refractivity contribution in [3.8, 4) is 22.3 Å². The fraction of sp³-hybridized carbons (Fsp3) is 0.0476. The fourth-order valence-corrected chi connectivity index (χ4v) is 3.19. The first-order chi connectivity index (χ1) is 12.5. The number of aromatic amines is 2. The van der Waals surface area contributed by atoms with Crippen molar-refractivity contribution in [3.05, 3.63) is 87.1 Å². The molecule has 2 aromatic carbocycles. The molecule has 5 nitrogen and oxygen atoms in total. The molecule has 2 heterocycles. The molecule has 0 aliphatic carbocycles. The van der Waals surface area contributed by atoms with Crippen LogP contribution in [-0.2, 0) is 0 Å². The Bertz CT molecular complexity index is 1230. The van der Waals surface area contributed by atoms with Crippen LogP contribution < -0.4 is 16.9 Å². The minimum absolute atomic E-state index is 0.192. The number of pyridine rings is 2. The zero-order valence-electron chi connectivity index (χ0n) is 14.2. The van der Waals surface area contributed by atoms with Crippen LogP contribution in [0.5, 0.6) is 0 Å². The van der Waals surface area contributed by atoms with Crippen molar-refractivity contribution in [1.82, 2.24) is 9.97 Å². The van der Waals surface area contributed by atoms with Crippen LogP contribution in [0, 0.1) is 6.92 Å². The minimum Gasteiger partial charge on any atom is -0.399 e. The van der Waals surface area contributed by atoms with Gasteiger partial charge in [-0.05, 0) is 65.9 Å². The normalized spacial score (nSPS) is 11.0. The molecule has 0 unspecified atom stereocenters. The Labute approximate surface area is 149 Å². The Morgan fingerprint density at radius 3 is 2.35 bits per heavy atom. The summed E-state index contributed by atoms with van der Waals surface area (Å²) in [5.41, 5.74) is 10.2. The molecule has 4 aromatic rings. The first kappa shape index (κ1) is 15.9. The fourth-order valence-electron chi connectivity index (χ4n) is 3.19. The first-order valence-electron chi connectivity index (χ1n) is 8.24. The van der Waals surface area contributed by atoms with E-state index in [1.807, 2.05) is 37.3 Å². The lowest BCUT2D eigenvalue weighted by Gasteiger charge is -2.10. The van der Waals surface area contributed by atoms with Crippen LogP contribution in [0.15, 0.2) is 70.4 Å². The van der Waals surface area contributed by atoms with E-state index in [4.69, 9.17) is 5.73 Å². The highest BCUT2D eigenvalue weighted by Crippen LogP contribution is 2.28. The van der Waals surface area contributed by atoms with Crippen LogP contribution >= 0.6 is 0 Å². The minimum atomic E-state index is -0.209. The van der Waals surface area contributed by atoms with Crippen LogP contribution in [0.4, 0.5) is 5.69 Å². The van der Waals surface area contributed by atoms with E-state index in [0.717, 1.165) is 16.5 Å². The lowest BCUT2D eigenvalue weighted by Crippen LogP contribution is -2.12. The predicted molar refractivity (Wildman–Crippen MR) is 105 cm³/mol. The van der Waals surface area contributed by atoms with Crippen LogP contribution in [-0.4, -0.2) is 9.97 Å². The second-order valence-electron chi connectivity index (χ2n) is 6.32. The number of hydrogen-bond donors (Lipinski definition) is 3. The van der Waals surface area contributed by atoms with Gasteiger partial charge in [-0.15, -0.1) is 0 Å². The molecular formula is C21H17N3O2. The highest BCUT2D eigenvalue weighted by Gasteiger charge is 2.12. The summed E-state index contributed by atoms with van der Waals surface area (Å²) in [5.74, 6) is 0. The molecule has 0 atom stereocenters. The van der Waals surface area contributed by atoms with Gasteiger partial charge in [-0.1, -0.05) is 12.1 Å². The zero-order valence-corrected chi connectivity index (χ0v) is 14.2. The van der Waals surface area contributed by atoms with Gasteiger partial charge in [0.15, 0.2) is 0 Å². The predicted octanol–water partition coefficient (Wildman–Crippen LogP) is 3.44. The van der Waals surface area contributed by atoms with E-state index in [2.05, 4.69) is 9.97 Å². The number of benzene rings is 2. The molecule has 0 saturated carbocycles. The summed E-state index contributed by atoms with van der Waals surface area (Å²) >= 11 is 0. The molecule has 128 valence electrons. The molecule has 0 fully saturated rings. The highest BCUT2D eigenvalue weighted by molar-refractivity contribution is 5.95. The number of nitrogens with two attached hydrogens (primary N) is 1. The summed E-state index contributed by atoms with van der Waals surface area (Å²) in [6.45, 7) is 1.97. The van der Waals surface area contributed by atoms with Crippen molar-refractivity contribution in [2.24, 2.45) is 0 Å². The summed E-state index contributed by atoms with van der Waals surface area (Å²) < 4.78 is 0. The molecule has 0 aliphatic rings. The van der Waals surface area contributed by atoms with E-state index < -0.39 is 0 Å². The maximum Gasteiger partial charge on any atom is 0.256 e. The molecule has 26 heavy (non-hydrogen) atoms. The third-order valence-corrected chi connectivity index (χ3v) is 4.43. The number of aryl methyl sites for hydroxylation is 1. The maximum absolute atomic E-state index is 12.7. The topological polar surface area (TPSA) is 91.7 Å². The number of nitrogen functional groups attached to an aromatic ring is 1. The SMILES string of the molecule is Cc1cc(-c2ccc[nH]c2=O)c2[nH]c(=O)c(-c3ccc(N)cc3)cc2c1. The Kier molecular flexibility index (Phi) is 3.69. The molecule has 0 bridgehead atoms. The molecule has 2 aromatic heterocycles. The van der Waals surface area contributed by atoms with Gasteiger partial charge >= 0.3 is 0 Å². The van der Waals surface area contributed by atoms with Crippen molar-refractivity contribution < 1.29 is 0 Å². The van der Waals surface area contributed by atoms with Gasteiger partial charge in [0, 0.05) is 28.6 Å². The van der Waals surface area contributed by atoms with E-state index in [0.29, 0.717) is 27.9 Å². The second-order valence-corrected chi connectivity index (χ2v) is 6.32. The Hall–Kier alpha value is -3.60. The number of hydrogen-bond acceptors (Lipinski definition) is 3. The zero-order chi connectivity index (χ0) is 18.3. The highest BCUT2D eigenvalue weighted by atomic mass is 16.1. The van der Waals surface area contributed by atoms with Crippen LogP contribution in [0.1, 0.15) is 5.56 Å². The van der Waals surface area contributed by atoms with Crippen LogP contribution in [0.25, 0.3) is 33.2 Å². The molecule has 5 heteroatoms. The number of aromatic nitrogens is 2. The number of fused-ring (bicyclic) bond motifs is 1. The molecule has 4 rings (SSSR count). The first-order valence-corrected chi connectivity index (χ1v) is 8.24. The number of anilines is 1. The van der Waals surface area contributed by atoms with E-state index >= 15 is 0 Å². The van der Waals surface area contributed by atoms with Crippen LogP contribution in [0.3, 0.4) is 0 Å². The van der Waals surface area contributed by atoms with Crippen molar-refractivity contribution >= 4 is 16.6 Å². The van der Waals surface area contributed by atoms with Gasteiger partial charge in [0.05, 0.1) is 5.52 Å². The maximum atomic E-state index is 12.7. The smallest absolute Gasteiger partial charge is 0.256 e. The quantitative estimate of drug-likeness (QED) is 0.487. The Morgan fingerprint density at radius 1 is 0.846 bits per heavy atom. The molecule has 0 spiro atoms. The van der Waals surface area contributed by atoms with Gasteiger partial charge in [-0.2, -0.15) is 0 Å². The Morgan fingerprint density at radius 2 is 1.62 bits per heavy atom. The van der Waals surface area contributed by atoms with Gasteiger partial charge in [0.25, 0.3) is 11.1 Å². The third kappa shape index (κ3) is 2.69. The number of nitrogens with one attached hydrogen (secondary N) is 2. The van der Waals surface area contributed by atoms with Gasteiger partial charge in [-0.3, -0.25) is 9.59 Å². The largest absolute Gasteiger partial charge is 0.399 e. The number of rotatable bonds is 2. The van der Waals surface area contributed by atoms with Crippen molar-refractivity contribution in [3.63, 3.8) is 0 Å². The van der Waals surface area contributed by atoms with E-state index in [1.54, 1.807) is 30.5 Å². The lowest BCUT2D eigenvalue weighted by molar-refractivity contribution is 1.24. The van der Waals surface area contributed by atoms with Gasteiger partial charge in [0.1, 0.15) is 0 Å². The summed E-state index contributed by atoms with van der Waals surface area (Å²) in [4.78, 5) is 30.6. The van der Waals surface area contributed by atoms with Crippen molar-refractivity contribution in [1.29, 1.82) is 0 Å². The lowest BCUT2D eigenvalue weighted by atomic mass is 9.98. The average Bonchev–Trinajstić information content (AvgIpc) is 2.62. The van der Waals surface area contributed by atoms with Crippen molar-refractivity contribution in [2.45, 2.75) is 6.92 Å². The average molecular weight is 343 g/mol. The third-order valence-electron chi connectivity index (χ3n) is 4.43. The molecule has 0 amide bonds.